The van der Waals surface area contributed by atoms with E-state index in [-0.39, 0.29) is 11.8 Å². The van der Waals surface area contributed by atoms with Crippen LogP contribution in [-0.2, 0) is 11.2 Å². The number of amides is 1. The Balaban J connectivity index is 1.61. The molecule has 0 spiro atoms. The van der Waals surface area contributed by atoms with Gasteiger partial charge in [0.2, 0.25) is 5.91 Å². The molecule has 1 amide bonds. The van der Waals surface area contributed by atoms with Crippen LogP contribution < -0.4 is 5.32 Å². The number of aromatic nitrogens is 2. The molecule has 2 heterocycles. The van der Waals surface area contributed by atoms with Gasteiger partial charge in [-0.1, -0.05) is 0 Å². The second kappa shape index (κ2) is 4.44. The zero-order chi connectivity index (χ0) is 12.5. The van der Waals surface area contributed by atoms with Gasteiger partial charge < -0.3 is 9.72 Å². The molecule has 4 nitrogen and oxygen atoms in total. The standard InChI is InChI=1S/C14H17N3O/c1-10-5-7-17-9-12(16-13(17)8-10)4-6-15-14(18)11-2-3-11/h5,7-9,11H,2-4,6H2,1H3,(H,15,18). The number of aryl methyl sites for hydroxylation is 1. The van der Waals surface area contributed by atoms with Crippen LogP contribution in [-0.4, -0.2) is 21.8 Å². The van der Waals surface area contributed by atoms with Gasteiger partial charge in [0.1, 0.15) is 5.65 Å². The van der Waals surface area contributed by atoms with Crippen molar-refractivity contribution in [2.24, 2.45) is 5.92 Å². The van der Waals surface area contributed by atoms with Crippen molar-refractivity contribution < 1.29 is 4.79 Å². The molecule has 0 radical (unpaired) electrons. The first-order valence-electron chi connectivity index (χ1n) is 6.44. The van der Waals surface area contributed by atoms with Crippen LogP contribution in [0.5, 0.6) is 0 Å². The molecule has 0 aromatic carbocycles. The van der Waals surface area contributed by atoms with Crippen LogP contribution in [0.4, 0.5) is 0 Å². The van der Waals surface area contributed by atoms with Crippen LogP contribution in [0, 0.1) is 12.8 Å². The number of pyridine rings is 1. The molecule has 0 unspecified atom stereocenters. The van der Waals surface area contributed by atoms with E-state index in [0.29, 0.717) is 6.54 Å². The van der Waals surface area contributed by atoms with Crippen LogP contribution in [0.1, 0.15) is 24.1 Å². The van der Waals surface area contributed by atoms with Gasteiger partial charge in [0.05, 0.1) is 5.69 Å². The van der Waals surface area contributed by atoms with E-state index in [0.717, 1.165) is 30.6 Å². The van der Waals surface area contributed by atoms with E-state index >= 15 is 0 Å². The van der Waals surface area contributed by atoms with E-state index in [1.165, 1.54) is 5.56 Å². The van der Waals surface area contributed by atoms with Gasteiger partial charge in [0.15, 0.2) is 0 Å². The smallest absolute Gasteiger partial charge is 0.223 e. The lowest BCUT2D eigenvalue weighted by atomic mass is 10.3. The average molecular weight is 243 g/mol. The number of hydrogen-bond donors (Lipinski definition) is 1. The summed E-state index contributed by atoms with van der Waals surface area (Å²) in [6, 6.07) is 4.12. The third-order valence-electron chi connectivity index (χ3n) is 3.29. The molecule has 2 aromatic heterocycles. The Hall–Kier alpha value is -1.84. The molecule has 1 fully saturated rings. The fourth-order valence-corrected chi connectivity index (χ4v) is 2.06. The Morgan fingerprint density at radius 3 is 3.17 bits per heavy atom. The van der Waals surface area contributed by atoms with E-state index in [9.17, 15) is 4.79 Å². The number of hydrogen-bond acceptors (Lipinski definition) is 2. The van der Waals surface area contributed by atoms with E-state index < -0.39 is 0 Å². The van der Waals surface area contributed by atoms with Crippen molar-refractivity contribution in [3.05, 3.63) is 35.8 Å². The molecular weight excluding hydrogens is 226 g/mol. The number of carbonyl (C=O) groups excluding carboxylic acids is 1. The number of nitrogens with one attached hydrogen (secondary N) is 1. The fraction of sp³-hybridized carbons (Fsp3) is 0.429. The van der Waals surface area contributed by atoms with Gasteiger partial charge in [0, 0.05) is 31.3 Å². The molecule has 3 rings (SSSR count). The molecule has 0 aliphatic heterocycles. The summed E-state index contributed by atoms with van der Waals surface area (Å²) in [5.74, 6) is 0.489. The lowest BCUT2D eigenvalue weighted by Crippen LogP contribution is -2.26. The third-order valence-corrected chi connectivity index (χ3v) is 3.29. The molecule has 1 aliphatic carbocycles. The summed E-state index contributed by atoms with van der Waals surface area (Å²) in [6.07, 6.45) is 6.94. The number of rotatable bonds is 4. The van der Waals surface area contributed by atoms with E-state index in [4.69, 9.17) is 0 Å². The maximum Gasteiger partial charge on any atom is 0.223 e. The van der Waals surface area contributed by atoms with E-state index in [1.54, 1.807) is 0 Å². The zero-order valence-corrected chi connectivity index (χ0v) is 10.5. The number of carbonyl (C=O) groups is 1. The molecule has 1 N–H and O–H groups in total. The van der Waals surface area contributed by atoms with Crippen molar-refractivity contribution in [1.82, 2.24) is 14.7 Å². The first kappa shape index (κ1) is 11.3. The van der Waals surface area contributed by atoms with Gasteiger partial charge in [-0.25, -0.2) is 4.98 Å². The van der Waals surface area contributed by atoms with Crippen LogP contribution >= 0.6 is 0 Å². The molecule has 94 valence electrons. The van der Waals surface area contributed by atoms with Crippen LogP contribution in [0.15, 0.2) is 24.5 Å². The minimum Gasteiger partial charge on any atom is -0.355 e. The fourth-order valence-electron chi connectivity index (χ4n) is 2.06. The quantitative estimate of drug-likeness (QED) is 0.888. The zero-order valence-electron chi connectivity index (χ0n) is 10.5. The van der Waals surface area contributed by atoms with Crippen molar-refractivity contribution in [1.29, 1.82) is 0 Å². The van der Waals surface area contributed by atoms with Gasteiger partial charge in [-0.15, -0.1) is 0 Å². The van der Waals surface area contributed by atoms with Gasteiger partial charge in [-0.2, -0.15) is 0 Å². The van der Waals surface area contributed by atoms with Crippen molar-refractivity contribution in [2.45, 2.75) is 26.2 Å². The summed E-state index contributed by atoms with van der Waals surface area (Å²) < 4.78 is 2.02. The predicted molar refractivity (Wildman–Crippen MR) is 69.4 cm³/mol. The van der Waals surface area contributed by atoms with Crippen molar-refractivity contribution >= 4 is 11.6 Å². The van der Waals surface area contributed by atoms with Crippen molar-refractivity contribution in [2.75, 3.05) is 6.54 Å². The average Bonchev–Trinajstić information content (AvgIpc) is 3.11. The van der Waals surface area contributed by atoms with Gasteiger partial charge in [0.25, 0.3) is 0 Å². The largest absolute Gasteiger partial charge is 0.355 e. The first-order valence-corrected chi connectivity index (χ1v) is 6.44. The molecular formula is C14H17N3O. The Labute approximate surface area is 106 Å². The minimum absolute atomic E-state index is 0.203. The van der Waals surface area contributed by atoms with E-state index in [2.05, 4.69) is 29.4 Å². The molecule has 4 heteroatoms. The highest BCUT2D eigenvalue weighted by Crippen LogP contribution is 2.28. The summed E-state index contributed by atoms with van der Waals surface area (Å²) in [5, 5.41) is 2.96. The Kier molecular flexibility index (Phi) is 2.78. The Morgan fingerprint density at radius 1 is 1.56 bits per heavy atom. The SMILES string of the molecule is Cc1ccn2cc(CCNC(=O)C3CC3)nc2c1. The number of imidazole rings is 1. The highest BCUT2D eigenvalue weighted by molar-refractivity contribution is 5.80. The van der Waals surface area contributed by atoms with Gasteiger partial charge in [-0.05, 0) is 37.5 Å². The summed E-state index contributed by atoms with van der Waals surface area (Å²) in [7, 11) is 0. The maximum absolute atomic E-state index is 11.5. The van der Waals surface area contributed by atoms with E-state index in [1.807, 2.05) is 16.8 Å². The normalized spacial score (nSPS) is 14.9. The lowest BCUT2D eigenvalue weighted by Gasteiger charge is -2.01. The topological polar surface area (TPSA) is 46.4 Å². The van der Waals surface area contributed by atoms with Crippen LogP contribution in [0.3, 0.4) is 0 Å². The maximum atomic E-state index is 11.5. The monoisotopic (exact) mass is 243 g/mol. The highest BCUT2D eigenvalue weighted by Gasteiger charge is 2.28. The van der Waals surface area contributed by atoms with Crippen LogP contribution in [0.2, 0.25) is 0 Å². The lowest BCUT2D eigenvalue weighted by molar-refractivity contribution is -0.122. The molecule has 1 saturated carbocycles. The Bertz CT molecular complexity index is 584. The molecule has 1 aliphatic rings. The number of nitrogens with zero attached hydrogens (tertiary/aromatic N) is 2. The second-order valence-corrected chi connectivity index (χ2v) is 5.02. The van der Waals surface area contributed by atoms with Gasteiger partial charge in [-0.3, -0.25) is 4.79 Å². The van der Waals surface area contributed by atoms with Crippen LogP contribution in [0.25, 0.3) is 5.65 Å². The van der Waals surface area contributed by atoms with Crippen molar-refractivity contribution in [3.63, 3.8) is 0 Å². The number of fused-ring (bicyclic) bond motifs is 1. The first-order chi connectivity index (χ1) is 8.72. The minimum atomic E-state index is 0.203. The summed E-state index contributed by atoms with van der Waals surface area (Å²) >= 11 is 0. The third kappa shape index (κ3) is 2.37. The summed E-state index contributed by atoms with van der Waals surface area (Å²) in [6.45, 7) is 2.74. The molecule has 0 bridgehead atoms. The van der Waals surface area contributed by atoms with Gasteiger partial charge >= 0.3 is 0 Å². The van der Waals surface area contributed by atoms with Crippen molar-refractivity contribution in [3.8, 4) is 0 Å². The Morgan fingerprint density at radius 2 is 2.39 bits per heavy atom. The molecule has 0 atom stereocenters. The molecule has 2 aromatic rings. The molecule has 0 saturated heterocycles. The molecule has 18 heavy (non-hydrogen) atoms. The summed E-state index contributed by atoms with van der Waals surface area (Å²) in [5.41, 5.74) is 3.21. The summed E-state index contributed by atoms with van der Waals surface area (Å²) in [4.78, 5) is 16.0. The predicted octanol–water partition coefficient (Wildman–Crippen LogP) is 1.71. The highest BCUT2D eigenvalue weighted by atomic mass is 16.2. The second-order valence-electron chi connectivity index (χ2n) is 5.02.